The van der Waals surface area contributed by atoms with Gasteiger partial charge in [-0.2, -0.15) is 0 Å². The van der Waals surface area contributed by atoms with Crippen molar-refractivity contribution in [3.8, 4) is 5.75 Å². The minimum Gasteiger partial charge on any atom is -0.482 e. The number of halogens is 1. The van der Waals surface area contributed by atoms with Gasteiger partial charge in [0.2, 0.25) is 0 Å². The summed E-state index contributed by atoms with van der Waals surface area (Å²) in [7, 11) is 0. The van der Waals surface area contributed by atoms with Crippen LogP contribution >= 0.6 is 39.0 Å². The summed E-state index contributed by atoms with van der Waals surface area (Å²) in [4.78, 5) is 2.27. The van der Waals surface area contributed by atoms with Gasteiger partial charge in [-0.15, -0.1) is 23.1 Å². The third-order valence-electron chi connectivity index (χ3n) is 2.46. The van der Waals surface area contributed by atoms with Crippen molar-refractivity contribution in [3.63, 3.8) is 0 Å². The lowest BCUT2D eigenvalue weighted by Crippen LogP contribution is -2.17. The van der Waals surface area contributed by atoms with Crippen LogP contribution in [0.25, 0.3) is 0 Å². The topological polar surface area (TPSA) is 35.2 Å². The van der Waals surface area contributed by atoms with Gasteiger partial charge in [-0.25, -0.2) is 0 Å². The van der Waals surface area contributed by atoms with Crippen molar-refractivity contribution in [2.24, 2.45) is 5.73 Å². The summed E-state index contributed by atoms with van der Waals surface area (Å²) in [5.74, 6) is 0.893. The van der Waals surface area contributed by atoms with E-state index in [2.05, 4.69) is 28.1 Å². The Morgan fingerprint density at radius 1 is 1.44 bits per heavy atom. The second kappa shape index (κ2) is 6.61. The zero-order valence-corrected chi connectivity index (χ0v) is 13.1. The number of benzene rings is 1. The van der Waals surface area contributed by atoms with E-state index in [1.54, 1.807) is 23.1 Å². The Labute approximate surface area is 124 Å². The van der Waals surface area contributed by atoms with Gasteiger partial charge in [0.25, 0.3) is 0 Å². The predicted octanol–water partition coefficient (Wildman–Crippen LogP) is 4.31. The molecule has 2 aromatic rings. The fourth-order valence-corrected chi connectivity index (χ4v) is 3.61. The van der Waals surface area contributed by atoms with Crippen LogP contribution in [0.1, 0.15) is 11.0 Å². The van der Waals surface area contributed by atoms with Gasteiger partial charge >= 0.3 is 0 Å². The highest BCUT2D eigenvalue weighted by molar-refractivity contribution is 9.10. The first-order valence-electron chi connectivity index (χ1n) is 5.48. The van der Waals surface area contributed by atoms with Crippen LogP contribution in [0.5, 0.6) is 5.75 Å². The van der Waals surface area contributed by atoms with Gasteiger partial charge in [0.1, 0.15) is 11.9 Å². The lowest BCUT2D eigenvalue weighted by atomic mass is 10.3. The molecule has 18 heavy (non-hydrogen) atoms. The molecule has 2 nitrogen and oxygen atoms in total. The number of hydrogen-bond donors (Lipinski definition) is 1. The molecule has 0 aliphatic carbocycles. The number of para-hydroxylation sites is 1. The maximum absolute atomic E-state index is 6.03. The van der Waals surface area contributed by atoms with E-state index in [0.29, 0.717) is 6.54 Å². The Balaban J connectivity index is 2.20. The molecule has 0 aliphatic heterocycles. The molecule has 0 saturated carbocycles. The van der Waals surface area contributed by atoms with E-state index in [0.717, 1.165) is 20.0 Å². The quantitative estimate of drug-likeness (QED) is 0.821. The summed E-state index contributed by atoms with van der Waals surface area (Å²) < 4.78 is 7.10. The third kappa shape index (κ3) is 3.29. The van der Waals surface area contributed by atoms with E-state index < -0.39 is 0 Å². The monoisotopic (exact) mass is 343 g/mol. The van der Waals surface area contributed by atoms with Gasteiger partial charge in [-0.1, -0.05) is 12.1 Å². The summed E-state index contributed by atoms with van der Waals surface area (Å²) in [6.07, 6.45) is 1.95. The van der Waals surface area contributed by atoms with Crippen molar-refractivity contribution >= 4 is 39.0 Å². The molecule has 2 N–H and O–H groups in total. The fourth-order valence-electron chi connectivity index (χ4n) is 1.59. The fraction of sp³-hybridized carbons (Fsp3) is 0.231. The zero-order chi connectivity index (χ0) is 13.0. The molecule has 0 radical (unpaired) electrons. The molecule has 0 aliphatic rings. The van der Waals surface area contributed by atoms with Crippen LogP contribution < -0.4 is 10.5 Å². The smallest absolute Gasteiger partial charge is 0.145 e. The molecular formula is C13H14BrNOS2. The second-order valence-corrected chi connectivity index (χ2v) is 6.37. The van der Waals surface area contributed by atoms with Crippen molar-refractivity contribution in [1.82, 2.24) is 0 Å². The van der Waals surface area contributed by atoms with Crippen LogP contribution in [0.15, 0.2) is 45.1 Å². The molecule has 1 atom stereocenters. The van der Waals surface area contributed by atoms with Crippen molar-refractivity contribution in [3.05, 3.63) is 45.1 Å². The molecule has 96 valence electrons. The molecule has 1 unspecified atom stereocenters. The molecule has 1 aromatic heterocycles. The highest BCUT2D eigenvalue weighted by Crippen LogP contribution is 2.33. The zero-order valence-electron chi connectivity index (χ0n) is 9.93. The molecule has 0 saturated heterocycles. The van der Waals surface area contributed by atoms with Gasteiger partial charge in [-0.3, -0.25) is 0 Å². The Morgan fingerprint density at radius 2 is 2.22 bits per heavy atom. The van der Waals surface area contributed by atoms with Crippen molar-refractivity contribution in [1.29, 1.82) is 0 Å². The van der Waals surface area contributed by atoms with Gasteiger partial charge in [0, 0.05) is 26.2 Å². The highest BCUT2D eigenvalue weighted by atomic mass is 79.9. The number of thioether (sulfide) groups is 1. The first-order chi connectivity index (χ1) is 8.74. The third-order valence-corrected chi connectivity index (χ3v) is 5.02. The van der Waals surface area contributed by atoms with Crippen LogP contribution in [-0.2, 0) is 0 Å². The van der Waals surface area contributed by atoms with Crippen LogP contribution in [0, 0.1) is 0 Å². The lowest BCUT2D eigenvalue weighted by Gasteiger charge is -2.17. The van der Waals surface area contributed by atoms with Crippen LogP contribution in [0.3, 0.4) is 0 Å². The molecular weight excluding hydrogens is 330 g/mol. The van der Waals surface area contributed by atoms with E-state index >= 15 is 0 Å². The molecule has 0 amide bonds. The van der Waals surface area contributed by atoms with Crippen LogP contribution in [0.2, 0.25) is 0 Å². The van der Waals surface area contributed by atoms with E-state index in [-0.39, 0.29) is 6.10 Å². The van der Waals surface area contributed by atoms with Crippen LogP contribution in [0.4, 0.5) is 0 Å². The number of nitrogens with two attached hydrogens (primary N) is 1. The average molecular weight is 344 g/mol. The summed E-state index contributed by atoms with van der Waals surface area (Å²) >= 11 is 6.79. The maximum atomic E-state index is 6.03. The van der Waals surface area contributed by atoms with Gasteiger partial charge < -0.3 is 10.5 Å². The molecule has 2 rings (SSSR count). The highest BCUT2D eigenvalue weighted by Gasteiger charge is 2.15. The Morgan fingerprint density at radius 3 is 2.83 bits per heavy atom. The van der Waals surface area contributed by atoms with Crippen molar-refractivity contribution in [2.45, 2.75) is 11.0 Å². The summed E-state index contributed by atoms with van der Waals surface area (Å²) in [5, 5.41) is 2.04. The van der Waals surface area contributed by atoms with Gasteiger partial charge in [-0.05, 0) is 40.4 Å². The van der Waals surface area contributed by atoms with E-state index in [9.17, 15) is 0 Å². The van der Waals surface area contributed by atoms with Crippen molar-refractivity contribution < 1.29 is 4.74 Å². The van der Waals surface area contributed by atoms with Crippen LogP contribution in [-0.4, -0.2) is 12.8 Å². The number of hydrogen-bond acceptors (Lipinski definition) is 4. The molecule has 1 heterocycles. The van der Waals surface area contributed by atoms with E-state index in [1.165, 1.54) is 0 Å². The molecule has 0 spiro atoms. The second-order valence-electron chi connectivity index (χ2n) is 3.66. The lowest BCUT2D eigenvalue weighted by molar-refractivity contribution is 0.212. The van der Waals surface area contributed by atoms with Gasteiger partial charge in [0.05, 0.1) is 0 Å². The predicted molar refractivity (Wildman–Crippen MR) is 82.7 cm³/mol. The first-order valence-corrected chi connectivity index (χ1v) is 8.38. The Kier molecular flexibility index (Phi) is 5.12. The molecule has 1 aromatic carbocycles. The minimum atomic E-state index is -0.0883. The van der Waals surface area contributed by atoms with E-state index in [1.807, 2.05) is 29.8 Å². The maximum Gasteiger partial charge on any atom is 0.145 e. The molecule has 5 heteroatoms. The Bertz CT molecular complexity index is 515. The normalized spacial score (nSPS) is 12.4. The molecule has 0 bridgehead atoms. The van der Waals surface area contributed by atoms with Gasteiger partial charge in [0.15, 0.2) is 0 Å². The summed E-state index contributed by atoms with van der Waals surface area (Å²) in [5.41, 5.74) is 5.81. The van der Waals surface area contributed by atoms with Crippen molar-refractivity contribution in [2.75, 3.05) is 12.8 Å². The summed E-state index contributed by atoms with van der Waals surface area (Å²) in [6.45, 7) is 0.468. The van der Waals surface area contributed by atoms with E-state index in [4.69, 9.17) is 10.5 Å². The number of rotatable bonds is 5. The minimum absolute atomic E-state index is 0.0883. The standard InChI is InChI=1S/C13H14BrNOS2/c1-17-12-5-3-2-4-10(12)16-11(7-15)13-6-9(14)8-18-13/h2-6,8,11H,7,15H2,1H3. The largest absolute Gasteiger partial charge is 0.482 e. The number of thiophene rings is 1. The molecule has 0 fully saturated rings. The average Bonchev–Trinajstić information content (AvgIpc) is 2.83. The Hall–Kier alpha value is -0.490. The number of ether oxygens (including phenoxy) is 1. The summed E-state index contributed by atoms with van der Waals surface area (Å²) in [6, 6.07) is 10.1. The first kappa shape index (κ1) is 13.9. The SMILES string of the molecule is CSc1ccccc1OC(CN)c1cc(Br)cs1.